The molecule has 1 aromatic carbocycles. The lowest BCUT2D eigenvalue weighted by molar-refractivity contribution is -0.138. The largest absolute Gasteiger partial charge is 0.417 e. The Bertz CT molecular complexity index is 738. The van der Waals surface area contributed by atoms with Crippen molar-refractivity contribution >= 4 is 47.3 Å². The molecule has 1 saturated heterocycles. The molecule has 1 fully saturated rings. The molecular formula is C11H7BrClF4NO3S. The van der Waals surface area contributed by atoms with Crippen LogP contribution in [0.4, 0.5) is 23.2 Å². The lowest BCUT2D eigenvalue weighted by Crippen LogP contribution is -2.28. The quantitative estimate of drug-likeness (QED) is 0.541. The number of carbonyl (C=O) groups is 1. The molecule has 1 amide bonds. The highest BCUT2D eigenvalue weighted by Gasteiger charge is 2.41. The number of carbonyl (C=O) groups excluding carboxylic acids is 1. The highest BCUT2D eigenvalue weighted by molar-refractivity contribution is 9.10. The van der Waals surface area contributed by atoms with Crippen molar-refractivity contribution in [3.05, 3.63) is 28.0 Å². The second-order valence-corrected chi connectivity index (χ2v) is 8.35. The summed E-state index contributed by atoms with van der Waals surface area (Å²) in [5.74, 6) is -1.90. The van der Waals surface area contributed by atoms with Gasteiger partial charge in [0.1, 0.15) is 11.1 Å². The fraction of sp³-hybridized carbons (Fsp3) is 0.364. The standard InChI is InChI=1S/C11H7BrClF4NO3S/c12-7-3-8(14)9(2-6(7)11(15,16)17)18-4-5(1-10(18)19)22(13,20)21/h2-3,5H,1,4H2. The second kappa shape index (κ2) is 5.64. The van der Waals surface area contributed by atoms with Gasteiger partial charge in [0.15, 0.2) is 0 Å². The van der Waals surface area contributed by atoms with Crippen LogP contribution in [0.25, 0.3) is 0 Å². The number of halogens is 6. The van der Waals surface area contributed by atoms with Crippen LogP contribution in [0.5, 0.6) is 0 Å². The van der Waals surface area contributed by atoms with Gasteiger partial charge < -0.3 is 4.90 Å². The van der Waals surface area contributed by atoms with E-state index < -0.39 is 60.9 Å². The SMILES string of the molecule is O=C1CC(S(=O)(=O)Cl)CN1c1cc(C(F)(F)F)c(Br)cc1F. The van der Waals surface area contributed by atoms with E-state index in [1.54, 1.807) is 0 Å². The number of hydrogen-bond acceptors (Lipinski definition) is 3. The van der Waals surface area contributed by atoms with Gasteiger partial charge in [-0.05, 0) is 12.1 Å². The summed E-state index contributed by atoms with van der Waals surface area (Å²) in [4.78, 5) is 12.4. The molecule has 1 aromatic rings. The molecule has 1 atom stereocenters. The van der Waals surface area contributed by atoms with Gasteiger partial charge in [0.25, 0.3) is 0 Å². The Hall–Kier alpha value is -0.870. The molecule has 22 heavy (non-hydrogen) atoms. The number of amides is 1. The van der Waals surface area contributed by atoms with Crippen LogP contribution in [-0.2, 0) is 20.0 Å². The Morgan fingerprint density at radius 3 is 2.36 bits per heavy atom. The minimum Gasteiger partial charge on any atom is -0.308 e. The van der Waals surface area contributed by atoms with Crippen molar-refractivity contribution in [2.45, 2.75) is 17.8 Å². The molecule has 1 heterocycles. The summed E-state index contributed by atoms with van der Waals surface area (Å²) < 4.78 is 74.3. The van der Waals surface area contributed by atoms with Crippen molar-refractivity contribution in [1.29, 1.82) is 0 Å². The number of alkyl halides is 3. The van der Waals surface area contributed by atoms with E-state index in [9.17, 15) is 30.8 Å². The van der Waals surface area contributed by atoms with Gasteiger partial charge >= 0.3 is 6.18 Å². The lowest BCUT2D eigenvalue weighted by Gasteiger charge is -2.19. The van der Waals surface area contributed by atoms with Crippen LogP contribution in [-0.4, -0.2) is 26.1 Å². The molecule has 0 bridgehead atoms. The average molecular weight is 425 g/mol. The zero-order valence-corrected chi connectivity index (χ0v) is 13.7. The van der Waals surface area contributed by atoms with Crippen LogP contribution in [0.2, 0.25) is 0 Å². The zero-order valence-electron chi connectivity index (χ0n) is 10.5. The molecule has 0 aromatic heterocycles. The number of hydrogen-bond donors (Lipinski definition) is 0. The Labute approximate surface area is 135 Å². The first kappa shape index (κ1) is 17.5. The maximum Gasteiger partial charge on any atom is 0.417 e. The van der Waals surface area contributed by atoms with Gasteiger partial charge in [0, 0.05) is 28.1 Å². The maximum absolute atomic E-state index is 13.9. The topological polar surface area (TPSA) is 54.5 Å². The molecular weight excluding hydrogens is 418 g/mol. The zero-order chi connectivity index (χ0) is 16.9. The number of benzene rings is 1. The second-order valence-electron chi connectivity index (χ2n) is 4.59. The van der Waals surface area contributed by atoms with Crippen molar-refractivity contribution < 1.29 is 30.8 Å². The van der Waals surface area contributed by atoms with Crippen LogP contribution in [0.1, 0.15) is 12.0 Å². The van der Waals surface area contributed by atoms with Crippen molar-refractivity contribution in [1.82, 2.24) is 0 Å². The lowest BCUT2D eigenvalue weighted by atomic mass is 10.1. The molecule has 0 radical (unpaired) electrons. The first-order valence-electron chi connectivity index (χ1n) is 5.71. The van der Waals surface area contributed by atoms with E-state index in [0.717, 1.165) is 0 Å². The van der Waals surface area contributed by atoms with E-state index in [1.807, 2.05) is 0 Å². The van der Waals surface area contributed by atoms with Crippen molar-refractivity contribution in [2.75, 3.05) is 11.4 Å². The predicted octanol–water partition coefficient (Wildman–Crippen LogP) is 3.28. The molecule has 1 unspecified atom stereocenters. The van der Waals surface area contributed by atoms with E-state index in [0.29, 0.717) is 17.0 Å². The van der Waals surface area contributed by atoms with Crippen LogP contribution in [0.15, 0.2) is 16.6 Å². The van der Waals surface area contributed by atoms with Crippen LogP contribution in [0, 0.1) is 5.82 Å². The summed E-state index contributed by atoms with van der Waals surface area (Å²) in [6.45, 7) is -0.499. The minimum absolute atomic E-state index is 0.459. The van der Waals surface area contributed by atoms with E-state index >= 15 is 0 Å². The van der Waals surface area contributed by atoms with Crippen molar-refractivity contribution in [3.8, 4) is 0 Å². The fourth-order valence-corrected chi connectivity index (χ4v) is 3.62. The highest BCUT2D eigenvalue weighted by atomic mass is 79.9. The molecule has 4 nitrogen and oxygen atoms in total. The number of rotatable bonds is 2. The van der Waals surface area contributed by atoms with Crippen molar-refractivity contribution in [3.63, 3.8) is 0 Å². The van der Waals surface area contributed by atoms with E-state index in [4.69, 9.17) is 10.7 Å². The predicted molar refractivity (Wildman–Crippen MR) is 74.6 cm³/mol. The summed E-state index contributed by atoms with van der Waals surface area (Å²) in [6.07, 6.45) is -5.27. The fourth-order valence-electron chi connectivity index (χ4n) is 2.06. The minimum atomic E-state index is -4.76. The van der Waals surface area contributed by atoms with Gasteiger partial charge in [0.05, 0.1) is 11.3 Å². The van der Waals surface area contributed by atoms with Gasteiger partial charge in [-0.2, -0.15) is 13.2 Å². The summed E-state index contributed by atoms with van der Waals surface area (Å²) in [7, 11) is 1.06. The first-order chi connectivity index (χ1) is 9.91. The van der Waals surface area contributed by atoms with Gasteiger partial charge in [0.2, 0.25) is 15.0 Å². The Morgan fingerprint density at radius 2 is 1.91 bits per heavy atom. The molecule has 1 aliphatic heterocycles. The Morgan fingerprint density at radius 1 is 1.32 bits per heavy atom. The normalized spacial score (nSPS) is 19.8. The third-order valence-corrected chi connectivity index (χ3v) is 5.64. The smallest absolute Gasteiger partial charge is 0.308 e. The Kier molecular flexibility index (Phi) is 4.48. The van der Waals surface area contributed by atoms with Crippen molar-refractivity contribution in [2.24, 2.45) is 0 Å². The molecule has 122 valence electrons. The maximum atomic E-state index is 13.9. The average Bonchev–Trinajstić information content (AvgIpc) is 2.69. The number of anilines is 1. The van der Waals surface area contributed by atoms with Gasteiger partial charge in [-0.3, -0.25) is 4.79 Å². The molecule has 11 heteroatoms. The Balaban J connectivity index is 2.48. The third-order valence-electron chi connectivity index (χ3n) is 3.12. The van der Waals surface area contributed by atoms with Gasteiger partial charge in [-0.15, -0.1) is 0 Å². The molecule has 0 aliphatic carbocycles. The van der Waals surface area contributed by atoms with Crippen LogP contribution < -0.4 is 4.90 Å². The van der Waals surface area contributed by atoms with Crippen LogP contribution in [0.3, 0.4) is 0 Å². The van der Waals surface area contributed by atoms with E-state index in [1.165, 1.54) is 0 Å². The van der Waals surface area contributed by atoms with Gasteiger partial charge in [-0.25, -0.2) is 12.8 Å². The summed E-state index contributed by atoms with van der Waals surface area (Å²) in [5, 5.41) is -1.29. The van der Waals surface area contributed by atoms with E-state index in [2.05, 4.69) is 15.9 Å². The third kappa shape index (κ3) is 3.38. The first-order valence-corrected chi connectivity index (χ1v) is 8.88. The van der Waals surface area contributed by atoms with Crippen LogP contribution >= 0.6 is 26.6 Å². The summed E-state index contributed by atoms with van der Waals surface area (Å²) in [5.41, 5.74) is -1.81. The monoisotopic (exact) mass is 423 g/mol. The van der Waals surface area contributed by atoms with E-state index in [-0.39, 0.29) is 0 Å². The summed E-state index contributed by atoms with van der Waals surface area (Å²) in [6, 6.07) is 1.04. The molecule has 2 rings (SSSR count). The molecule has 0 saturated carbocycles. The summed E-state index contributed by atoms with van der Waals surface area (Å²) >= 11 is 2.60. The molecule has 1 aliphatic rings. The molecule has 0 spiro atoms. The molecule has 0 N–H and O–H groups in total. The number of nitrogens with zero attached hydrogens (tertiary/aromatic N) is 1. The highest BCUT2D eigenvalue weighted by Crippen LogP contribution is 2.39. The van der Waals surface area contributed by atoms with Gasteiger partial charge in [-0.1, -0.05) is 15.9 Å².